The highest BCUT2D eigenvalue weighted by Gasteiger charge is 2.36. The molecule has 1 atom stereocenters. The van der Waals surface area contributed by atoms with Crippen molar-refractivity contribution >= 4 is 28.0 Å². The number of likely N-dealkylation sites (N-methyl/N-ethyl adjacent to an activating group) is 1. The van der Waals surface area contributed by atoms with E-state index in [4.69, 9.17) is 14.7 Å². The number of thiazole rings is 1. The zero-order valence-corrected chi connectivity index (χ0v) is 21.4. The van der Waals surface area contributed by atoms with Gasteiger partial charge in [0.25, 0.3) is 0 Å². The number of hydrogen-bond donors (Lipinski definition) is 0. The van der Waals surface area contributed by atoms with Crippen LogP contribution in [0.2, 0.25) is 0 Å². The van der Waals surface area contributed by atoms with Crippen LogP contribution in [-0.2, 0) is 16.1 Å². The van der Waals surface area contributed by atoms with Crippen molar-refractivity contribution in [2.24, 2.45) is 0 Å². The Morgan fingerprint density at radius 3 is 2.63 bits per heavy atom. The van der Waals surface area contributed by atoms with Gasteiger partial charge in [-0.3, -0.25) is 4.79 Å². The normalized spacial score (nSPS) is 18.9. The molecular formula is C27H29N5O2S. The molecule has 0 N–H and O–H groups in total. The van der Waals surface area contributed by atoms with Gasteiger partial charge in [0.15, 0.2) is 0 Å². The summed E-state index contributed by atoms with van der Waals surface area (Å²) < 4.78 is 7.82. The zero-order valence-electron chi connectivity index (χ0n) is 20.5. The van der Waals surface area contributed by atoms with Gasteiger partial charge in [0.05, 0.1) is 33.5 Å². The first-order valence-corrected chi connectivity index (χ1v) is 13.0. The number of benzene rings is 1. The van der Waals surface area contributed by atoms with Gasteiger partial charge in [0.2, 0.25) is 5.91 Å². The van der Waals surface area contributed by atoms with E-state index in [1.807, 2.05) is 32.0 Å². The molecule has 3 aromatic heterocycles. The number of nitrogens with zero attached hydrogens (tertiary/aromatic N) is 5. The van der Waals surface area contributed by atoms with Crippen LogP contribution in [0.25, 0.3) is 32.7 Å². The summed E-state index contributed by atoms with van der Waals surface area (Å²) in [5, 5.41) is 3.23. The van der Waals surface area contributed by atoms with E-state index in [-0.39, 0.29) is 17.9 Å². The van der Waals surface area contributed by atoms with Gasteiger partial charge in [0, 0.05) is 37.8 Å². The fourth-order valence-electron chi connectivity index (χ4n) is 5.38. The van der Waals surface area contributed by atoms with Crippen molar-refractivity contribution < 1.29 is 9.53 Å². The van der Waals surface area contributed by atoms with Gasteiger partial charge >= 0.3 is 0 Å². The predicted molar refractivity (Wildman–Crippen MR) is 138 cm³/mol. The quantitative estimate of drug-likeness (QED) is 0.394. The fourth-order valence-corrected chi connectivity index (χ4v) is 6.12. The summed E-state index contributed by atoms with van der Waals surface area (Å²) in [7, 11) is 1.87. The van der Waals surface area contributed by atoms with Gasteiger partial charge in [0.1, 0.15) is 17.6 Å². The summed E-state index contributed by atoms with van der Waals surface area (Å²) in [6.45, 7) is 8.08. The minimum Gasteiger partial charge on any atom is -0.381 e. The molecule has 2 aliphatic rings. The number of aryl methyl sites for hydroxylation is 2. The Morgan fingerprint density at radius 2 is 1.89 bits per heavy atom. The Morgan fingerprint density at radius 1 is 1.09 bits per heavy atom. The standard InChI is InChI=1S/C27H29N5O2S/c1-15-5-6-19-12-21(23-13-28-17(3)35-23)29-24(20(19)11-15)25-22-14-31(4)27(33)16(2)32(22)26(30-25)18-7-9-34-10-8-18/h5-6,11-13,16,18H,7-10,14H2,1-4H3/t16-/m0/s1. The summed E-state index contributed by atoms with van der Waals surface area (Å²) >= 11 is 1.65. The maximum atomic E-state index is 13.0. The number of carbonyl (C=O) groups is 1. The third-order valence-electron chi connectivity index (χ3n) is 7.22. The number of fused-ring (bicyclic) bond motifs is 2. The van der Waals surface area contributed by atoms with Crippen molar-refractivity contribution in [3.05, 3.63) is 52.6 Å². The minimum atomic E-state index is -0.289. The van der Waals surface area contributed by atoms with Crippen LogP contribution in [0, 0.1) is 13.8 Å². The summed E-state index contributed by atoms with van der Waals surface area (Å²) in [5.74, 6) is 1.39. The Kier molecular flexibility index (Phi) is 5.45. The lowest BCUT2D eigenvalue weighted by molar-refractivity contribution is -0.135. The lowest BCUT2D eigenvalue weighted by Crippen LogP contribution is -2.40. The van der Waals surface area contributed by atoms with E-state index in [0.717, 1.165) is 75.3 Å². The maximum absolute atomic E-state index is 13.0. The van der Waals surface area contributed by atoms with Crippen LogP contribution in [-0.4, -0.2) is 50.6 Å². The molecule has 6 rings (SSSR count). The second-order valence-electron chi connectivity index (χ2n) is 9.72. The number of carbonyl (C=O) groups excluding carboxylic acids is 1. The van der Waals surface area contributed by atoms with Crippen molar-refractivity contribution in [2.45, 2.75) is 52.1 Å². The van der Waals surface area contributed by atoms with E-state index in [0.29, 0.717) is 6.54 Å². The molecule has 0 saturated carbocycles. The minimum absolute atomic E-state index is 0.123. The Bertz CT molecular complexity index is 1450. The predicted octanol–water partition coefficient (Wildman–Crippen LogP) is 5.27. The van der Waals surface area contributed by atoms with Gasteiger partial charge in [-0.25, -0.2) is 15.0 Å². The Labute approximate surface area is 208 Å². The van der Waals surface area contributed by atoms with E-state index in [1.165, 1.54) is 5.56 Å². The molecule has 35 heavy (non-hydrogen) atoms. The van der Waals surface area contributed by atoms with Gasteiger partial charge in [-0.2, -0.15) is 0 Å². The summed E-state index contributed by atoms with van der Waals surface area (Å²) in [5.41, 5.74) is 4.92. The number of ether oxygens (including phenoxy) is 1. The molecule has 2 aliphatic heterocycles. The van der Waals surface area contributed by atoms with Gasteiger partial charge in [-0.15, -0.1) is 11.3 Å². The third-order valence-corrected chi connectivity index (χ3v) is 8.15. The molecule has 0 radical (unpaired) electrons. The van der Waals surface area contributed by atoms with Crippen molar-refractivity contribution in [2.75, 3.05) is 20.3 Å². The number of imidazole rings is 1. The molecule has 1 amide bonds. The first kappa shape index (κ1) is 22.4. The first-order valence-electron chi connectivity index (χ1n) is 12.2. The zero-order chi connectivity index (χ0) is 24.3. The van der Waals surface area contributed by atoms with E-state index in [1.54, 1.807) is 11.3 Å². The molecule has 5 heterocycles. The second kappa shape index (κ2) is 8.53. The van der Waals surface area contributed by atoms with Crippen molar-refractivity contribution in [1.82, 2.24) is 24.4 Å². The summed E-state index contributed by atoms with van der Waals surface area (Å²) in [4.78, 5) is 30.8. The van der Waals surface area contributed by atoms with Gasteiger partial charge < -0.3 is 14.2 Å². The fraction of sp³-hybridized carbons (Fsp3) is 0.407. The van der Waals surface area contributed by atoms with Crippen LogP contribution in [0.4, 0.5) is 0 Å². The Hall–Kier alpha value is -3.10. The van der Waals surface area contributed by atoms with E-state index in [9.17, 15) is 4.79 Å². The lowest BCUT2D eigenvalue weighted by atomic mass is 9.98. The van der Waals surface area contributed by atoms with Crippen LogP contribution >= 0.6 is 11.3 Å². The number of pyridine rings is 1. The molecule has 8 heteroatoms. The van der Waals surface area contributed by atoms with Gasteiger partial charge in [-0.05, 0) is 51.1 Å². The monoisotopic (exact) mass is 487 g/mol. The van der Waals surface area contributed by atoms with E-state index in [2.05, 4.69) is 40.7 Å². The largest absolute Gasteiger partial charge is 0.381 e. The summed E-state index contributed by atoms with van der Waals surface area (Å²) in [6.07, 6.45) is 3.73. The SMILES string of the molecule is Cc1ccc2cc(-c3cnc(C)s3)nc(-c3nc(C4CCOCC4)n4c3CN(C)C(=O)[C@@H]4C)c2c1. The molecule has 1 aromatic carbocycles. The molecule has 1 fully saturated rings. The topological polar surface area (TPSA) is 73.1 Å². The van der Waals surface area contributed by atoms with Crippen molar-refractivity contribution in [1.29, 1.82) is 0 Å². The molecule has 7 nitrogen and oxygen atoms in total. The highest BCUT2D eigenvalue weighted by Crippen LogP contribution is 2.40. The van der Waals surface area contributed by atoms with Crippen LogP contribution in [0.3, 0.4) is 0 Å². The average Bonchev–Trinajstić information content (AvgIpc) is 3.46. The highest BCUT2D eigenvalue weighted by atomic mass is 32.1. The second-order valence-corrected chi connectivity index (χ2v) is 11.0. The lowest BCUT2D eigenvalue weighted by Gasteiger charge is -2.32. The first-order chi connectivity index (χ1) is 16.9. The number of aromatic nitrogens is 4. The maximum Gasteiger partial charge on any atom is 0.245 e. The third kappa shape index (κ3) is 3.76. The van der Waals surface area contributed by atoms with Crippen molar-refractivity contribution in [3.63, 3.8) is 0 Å². The van der Waals surface area contributed by atoms with Crippen LogP contribution in [0.5, 0.6) is 0 Å². The molecule has 0 bridgehead atoms. The molecule has 0 aliphatic carbocycles. The van der Waals surface area contributed by atoms with Crippen LogP contribution in [0.1, 0.15) is 53.8 Å². The molecule has 180 valence electrons. The molecule has 0 spiro atoms. The van der Waals surface area contributed by atoms with E-state index >= 15 is 0 Å². The number of amides is 1. The van der Waals surface area contributed by atoms with E-state index < -0.39 is 0 Å². The van der Waals surface area contributed by atoms with Crippen LogP contribution in [0.15, 0.2) is 30.5 Å². The smallest absolute Gasteiger partial charge is 0.245 e. The number of rotatable bonds is 3. The van der Waals surface area contributed by atoms with Crippen LogP contribution < -0.4 is 0 Å². The Balaban J connectivity index is 1.63. The average molecular weight is 488 g/mol. The molecular weight excluding hydrogens is 458 g/mol. The highest BCUT2D eigenvalue weighted by molar-refractivity contribution is 7.15. The summed E-state index contributed by atoms with van der Waals surface area (Å²) in [6, 6.07) is 8.35. The molecule has 1 saturated heterocycles. The molecule has 4 aromatic rings. The molecule has 0 unspecified atom stereocenters. The van der Waals surface area contributed by atoms with Crippen molar-refractivity contribution in [3.8, 4) is 22.0 Å². The number of hydrogen-bond acceptors (Lipinski definition) is 6. The van der Waals surface area contributed by atoms with Gasteiger partial charge in [-0.1, -0.05) is 17.7 Å².